The molecule has 0 aliphatic rings. The van der Waals surface area contributed by atoms with E-state index in [0.717, 1.165) is 5.02 Å². The second kappa shape index (κ2) is 6.94. The highest BCUT2D eigenvalue weighted by Crippen LogP contribution is 2.33. The third-order valence-corrected chi connectivity index (χ3v) is 5.46. The summed E-state index contributed by atoms with van der Waals surface area (Å²) in [5.41, 5.74) is 5.97. The number of benzene rings is 2. The minimum absolute atomic E-state index is 0.0724. The lowest BCUT2D eigenvalue weighted by atomic mass is 9.74. The van der Waals surface area contributed by atoms with Gasteiger partial charge in [0.2, 0.25) is 0 Å². The highest BCUT2D eigenvalue weighted by molar-refractivity contribution is 6.49. The van der Waals surface area contributed by atoms with Crippen molar-refractivity contribution in [3.63, 3.8) is 0 Å². The lowest BCUT2D eigenvalue weighted by Crippen LogP contribution is -2.42. The molecular weight excluding hydrogens is 314 g/mol. The van der Waals surface area contributed by atoms with Crippen LogP contribution in [0.15, 0.2) is 36.4 Å². The molecular formula is C21H28BClO. The van der Waals surface area contributed by atoms with Gasteiger partial charge in [-0.2, -0.15) is 0 Å². The Morgan fingerprint density at radius 1 is 0.917 bits per heavy atom. The van der Waals surface area contributed by atoms with Gasteiger partial charge in [0.25, 0.3) is 0 Å². The molecule has 0 N–H and O–H groups in total. The summed E-state index contributed by atoms with van der Waals surface area (Å²) < 4.78 is 6.33. The predicted octanol–water partition coefficient (Wildman–Crippen LogP) is 5.44. The average Bonchev–Trinajstić information content (AvgIpc) is 2.47. The van der Waals surface area contributed by atoms with E-state index >= 15 is 0 Å². The molecule has 0 spiro atoms. The number of aryl methyl sites for hydroxylation is 2. The van der Waals surface area contributed by atoms with E-state index in [9.17, 15) is 0 Å². The summed E-state index contributed by atoms with van der Waals surface area (Å²) in [6, 6.07) is 12.5. The summed E-state index contributed by atoms with van der Waals surface area (Å²) in [5, 5.41) is 0.765. The van der Waals surface area contributed by atoms with E-state index in [2.05, 4.69) is 78.8 Å². The van der Waals surface area contributed by atoms with Gasteiger partial charge in [0, 0.05) is 5.02 Å². The Bertz CT molecular complexity index is 729. The molecule has 0 unspecified atom stereocenters. The van der Waals surface area contributed by atoms with Gasteiger partial charge in [-0.25, -0.2) is 0 Å². The van der Waals surface area contributed by atoms with Crippen molar-refractivity contribution in [1.29, 1.82) is 0 Å². The molecule has 2 rings (SSSR count). The van der Waals surface area contributed by atoms with Crippen molar-refractivity contribution in [3.8, 4) is 11.1 Å². The number of hydrogen-bond acceptors (Lipinski definition) is 1. The minimum atomic E-state index is -0.211. The molecule has 0 aliphatic carbocycles. The molecule has 0 radical (unpaired) electrons. The van der Waals surface area contributed by atoms with Crippen molar-refractivity contribution in [2.75, 3.05) is 0 Å². The van der Waals surface area contributed by atoms with Crippen molar-refractivity contribution in [1.82, 2.24) is 0 Å². The first-order valence-electron chi connectivity index (χ1n) is 8.52. The second-order valence-electron chi connectivity index (χ2n) is 8.12. The van der Waals surface area contributed by atoms with Gasteiger partial charge in [-0.15, -0.1) is 0 Å². The monoisotopic (exact) mass is 342 g/mol. The molecule has 24 heavy (non-hydrogen) atoms. The Morgan fingerprint density at radius 3 is 2.21 bits per heavy atom. The summed E-state index contributed by atoms with van der Waals surface area (Å²) in [6.07, 6.45) is 0. The van der Waals surface area contributed by atoms with Crippen LogP contribution in [0.2, 0.25) is 5.02 Å². The maximum Gasteiger partial charge on any atom is 0.309 e. The first-order valence-corrected chi connectivity index (χ1v) is 8.90. The maximum absolute atomic E-state index is 6.33. The van der Waals surface area contributed by atoms with Gasteiger partial charge in [-0.1, -0.05) is 56.6 Å². The topological polar surface area (TPSA) is 9.23 Å². The van der Waals surface area contributed by atoms with Gasteiger partial charge in [0.05, 0.1) is 5.60 Å². The maximum atomic E-state index is 6.33. The van der Waals surface area contributed by atoms with Gasteiger partial charge >= 0.3 is 7.48 Å². The third-order valence-electron chi connectivity index (χ3n) is 5.22. The van der Waals surface area contributed by atoms with Crippen LogP contribution in [0, 0.1) is 19.3 Å². The molecule has 3 heteroatoms. The molecule has 1 nitrogen and oxygen atoms in total. The molecule has 0 saturated heterocycles. The first-order chi connectivity index (χ1) is 11.0. The second-order valence-corrected chi connectivity index (χ2v) is 8.55. The minimum Gasteiger partial charge on any atom is -0.429 e. The molecule has 0 bridgehead atoms. The van der Waals surface area contributed by atoms with Crippen molar-refractivity contribution in [3.05, 3.63) is 52.5 Å². The Morgan fingerprint density at radius 2 is 1.58 bits per heavy atom. The standard InChI is InChI=1S/C21H28BClO/c1-14-11-12-16(23)13-17(14)19-15(2)9-8-10-18(19)22-24-21(6,7)20(3,4)5/h8-13,22H,1-7H3. The zero-order valence-electron chi connectivity index (χ0n) is 16.0. The van der Waals surface area contributed by atoms with Crippen LogP contribution in [0.3, 0.4) is 0 Å². The van der Waals surface area contributed by atoms with Crippen molar-refractivity contribution in [2.45, 2.75) is 54.1 Å². The van der Waals surface area contributed by atoms with Crippen LogP contribution >= 0.6 is 11.6 Å². The van der Waals surface area contributed by atoms with E-state index in [0.29, 0.717) is 7.48 Å². The fraction of sp³-hybridized carbons (Fsp3) is 0.429. The van der Waals surface area contributed by atoms with Crippen molar-refractivity contribution < 1.29 is 4.65 Å². The van der Waals surface area contributed by atoms with Crippen LogP contribution in [0.4, 0.5) is 0 Å². The first kappa shape index (κ1) is 19.1. The normalized spacial score (nSPS) is 12.3. The van der Waals surface area contributed by atoms with Crippen LogP contribution in [-0.4, -0.2) is 13.1 Å². The number of rotatable bonds is 4. The molecule has 0 aliphatic heterocycles. The quantitative estimate of drug-likeness (QED) is 0.672. The Kier molecular flexibility index (Phi) is 5.52. The Labute approximate surface area is 152 Å². The molecule has 2 aromatic carbocycles. The summed E-state index contributed by atoms with van der Waals surface area (Å²) in [5.74, 6) is 0. The lowest BCUT2D eigenvalue weighted by Gasteiger charge is -2.39. The van der Waals surface area contributed by atoms with E-state index in [1.54, 1.807) is 0 Å². The number of hydrogen-bond donors (Lipinski definition) is 0. The van der Waals surface area contributed by atoms with Crippen LogP contribution in [0.1, 0.15) is 45.7 Å². The predicted molar refractivity (Wildman–Crippen MR) is 108 cm³/mol. The van der Waals surface area contributed by atoms with Crippen molar-refractivity contribution >= 4 is 24.5 Å². The van der Waals surface area contributed by atoms with Crippen LogP contribution < -0.4 is 5.46 Å². The lowest BCUT2D eigenvalue weighted by molar-refractivity contribution is 0.00506. The fourth-order valence-corrected chi connectivity index (χ4v) is 2.74. The van der Waals surface area contributed by atoms with E-state index < -0.39 is 0 Å². The zero-order chi connectivity index (χ0) is 18.1. The van der Waals surface area contributed by atoms with Gasteiger partial charge in [-0.3, -0.25) is 0 Å². The molecule has 0 aromatic heterocycles. The SMILES string of the molecule is Cc1ccc(Cl)cc1-c1c(C)cccc1BOC(C)(C)C(C)(C)C. The van der Waals surface area contributed by atoms with Gasteiger partial charge in [0.15, 0.2) is 0 Å². The molecule has 0 amide bonds. The summed E-state index contributed by atoms with van der Waals surface area (Å²) in [6.45, 7) is 15.2. The molecule has 128 valence electrons. The molecule has 0 atom stereocenters. The fourth-order valence-electron chi connectivity index (χ4n) is 2.57. The third kappa shape index (κ3) is 4.04. The number of halogens is 1. The van der Waals surface area contributed by atoms with Crippen molar-refractivity contribution in [2.24, 2.45) is 5.41 Å². The summed E-state index contributed by atoms with van der Waals surface area (Å²) >= 11 is 6.25. The summed E-state index contributed by atoms with van der Waals surface area (Å²) in [7, 11) is 0.591. The Balaban J connectivity index is 2.43. The van der Waals surface area contributed by atoms with Gasteiger partial charge in [-0.05, 0) is 73.0 Å². The summed E-state index contributed by atoms with van der Waals surface area (Å²) in [4.78, 5) is 0. The average molecular weight is 343 g/mol. The molecule has 0 heterocycles. The van der Waals surface area contributed by atoms with E-state index in [1.165, 1.54) is 27.7 Å². The van der Waals surface area contributed by atoms with Gasteiger partial charge in [0.1, 0.15) is 0 Å². The van der Waals surface area contributed by atoms with E-state index in [-0.39, 0.29) is 11.0 Å². The molecule has 0 fully saturated rings. The van der Waals surface area contributed by atoms with Gasteiger partial charge < -0.3 is 4.65 Å². The Hall–Kier alpha value is -1.25. The largest absolute Gasteiger partial charge is 0.429 e. The zero-order valence-corrected chi connectivity index (χ0v) is 16.7. The van der Waals surface area contributed by atoms with Crippen LogP contribution in [0.5, 0.6) is 0 Å². The van der Waals surface area contributed by atoms with E-state index in [1.807, 2.05) is 6.07 Å². The highest BCUT2D eigenvalue weighted by atomic mass is 35.5. The smallest absolute Gasteiger partial charge is 0.309 e. The molecule has 2 aromatic rings. The van der Waals surface area contributed by atoms with E-state index in [4.69, 9.17) is 16.3 Å². The molecule has 0 saturated carbocycles. The van der Waals surface area contributed by atoms with Crippen LogP contribution in [0.25, 0.3) is 11.1 Å². The highest BCUT2D eigenvalue weighted by Gasteiger charge is 2.33. The van der Waals surface area contributed by atoms with Crippen LogP contribution in [-0.2, 0) is 4.65 Å².